The molecule has 0 aromatic heterocycles. The van der Waals surface area contributed by atoms with E-state index in [9.17, 15) is 18.0 Å². The summed E-state index contributed by atoms with van der Waals surface area (Å²) in [6.45, 7) is 4.25. The van der Waals surface area contributed by atoms with Crippen molar-refractivity contribution in [2.45, 2.75) is 31.6 Å². The second kappa shape index (κ2) is 8.75. The number of amides is 2. The second-order valence-electron chi connectivity index (χ2n) is 6.92. The highest BCUT2D eigenvalue weighted by Crippen LogP contribution is 2.30. The molecule has 0 aliphatic heterocycles. The van der Waals surface area contributed by atoms with Crippen LogP contribution in [0.4, 0.5) is 11.4 Å². The Morgan fingerprint density at radius 1 is 0.966 bits per heavy atom. The van der Waals surface area contributed by atoms with Crippen molar-refractivity contribution in [1.29, 1.82) is 0 Å². The number of hydrogen-bond acceptors (Lipinski definition) is 4. The molecule has 0 saturated heterocycles. The molecule has 2 N–H and O–H groups in total. The Bertz CT molecular complexity index is 1010. The van der Waals surface area contributed by atoms with Crippen LogP contribution in [0.15, 0.2) is 53.4 Å². The van der Waals surface area contributed by atoms with Crippen molar-refractivity contribution in [2.75, 3.05) is 23.7 Å². The predicted molar refractivity (Wildman–Crippen MR) is 112 cm³/mol. The van der Waals surface area contributed by atoms with Crippen LogP contribution in [0.1, 0.15) is 37.0 Å². The maximum Gasteiger partial charge on any atom is 0.255 e. The van der Waals surface area contributed by atoms with Gasteiger partial charge in [0.2, 0.25) is 15.9 Å². The number of anilines is 2. The summed E-state index contributed by atoms with van der Waals surface area (Å²) in [6, 6.07) is 12.9. The highest BCUT2D eigenvalue weighted by atomic mass is 32.2. The Hall–Kier alpha value is -2.71. The summed E-state index contributed by atoms with van der Waals surface area (Å²) in [5.74, 6) is -0.348. The number of nitrogens with one attached hydrogen (secondary N) is 2. The Balaban J connectivity index is 1.75. The molecule has 0 atom stereocenters. The zero-order chi connectivity index (χ0) is 21.0. The minimum atomic E-state index is -3.65. The van der Waals surface area contributed by atoms with Crippen LogP contribution in [0, 0.1) is 5.92 Å². The molecule has 154 valence electrons. The monoisotopic (exact) mass is 415 g/mol. The SMILES string of the molecule is CCN(CC)S(=O)(=O)c1cccc(C(=O)Nc2cccc(NC(=O)C3CC3)c2)c1. The molecule has 0 spiro atoms. The van der Waals surface area contributed by atoms with Crippen LogP contribution < -0.4 is 10.6 Å². The van der Waals surface area contributed by atoms with Gasteiger partial charge in [0.05, 0.1) is 4.90 Å². The lowest BCUT2D eigenvalue weighted by atomic mass is 10.2. The fourth-order valence-corrected chi connectivity index (χ4v) is 4.48. The van der Waals surface area contributed by atoms with E-state index in [0.717, 1.165) is 12.8 Å². The number of rotatable bonds is 8. The highest BCUT2D eigenvalue weighted by molar-refractivity contribution is 7.89. The van der Waals surface area contributed by atoms with Crippen LogP contribution >= 0.6 is 0 Å². The minimum absolute atomic E-state index is 0.0113. The summed E-state index contributed by atoms with van der Waals surface area (Å²) in [5, 5.41) is 5.59. The standard InChI is InChI=1S/C21H25N3O4S/c1-3-24(4-2)29(27,28)19-10-5-7-16(13-19)21(26)23-18-9-6-8-17(14-18)22-20(25)15-11-12-15/h5-10,13-15H,3-4,11-12H2,1-2H3,(H,22,25)(H,23,26). The average molecular weight is 416 g/mol. The van der Waals surface area contributed by atoms with Crippen molar-refractivity contribution in [2.24, 2.45) is 5.92 Å². The van der Waals surface area contributed by atoms with Gasteiger partial charge in [-0.1, -0.05) is 26.0 Å². The van der Waals surface area contributed by atoms with Gasteiger partial charge in [-0.15, -0.1) is 0 Å². The van der Waals surface area contributed by atoms with E-state index in [1.807, 2.05) is 0 Å². The van der Waals surface area contributed by atoms with Crippen LogP contribution in [0.5, 0.6) is 0 Å². The van der Waals surface area contributed by atoms with Gasteiger partial charge in [-0.05, 0) is 49.2 Å². The van der Waals surface area contributed by atoms with Gasteiger partial charge in [0.15, 0.2) is 0 Å². The maximum atomic E-state index is 12.7. The minimum Gasteiger partial charge on any atom is -0.326 e. The number of benzene rings is 2. The van der Waals surface area contributed by atoms with Crippen molar-refractivity contribution in [3.63, 3.8) is 0 Å². The van der Waals surface area contributed by atoms with Crippen molar-refractivity contribution in [3.05, 3.63) is 54.1 Å². The van der Waals surface area contributed by atoms with E-state index in [2.05, 4.69) is 10.6 Å². The summed E-state index contributed by atoms with van der Waals surface area (Å²) in [4.78, 5) is 24.6. The quantitative estimate of drug-likeness (QED) is 0.691. The first-order chi connectivity index (χ1) is 13.8. The average Bonchev–Trinajstić information content (AvgIpc) is 3.54. The number of hydrogen-bond donors (Lipinski definition) is 2. The smallest absolute Gasteiger partial charge is 0.255 e. The Morgan fingerprint density at radius 2 is 1.59 bits per heavy atom. The summed E-state index contributed by atoms with van der Waals surface area (Å²) in [5.41, 5.74) is 1.36. The van der Waals surface area contributed by atoms with Gasteiger partial charge in [-0.3, -0.25) is 9.59 Å². The third-order valence-electron chi connectivity index (χ3n) is 4.78. The van der Waals surface area contributed by atoms with Gasteiger partial charge in [0.1, 0.15) is 0 Å². The van der Waals surface area contributed by atoms with E-state index in [1.54, 1.807) is 50.2 Å². The lowest BCUT2D eigenvalue weighted by Gasteiger charge is -2.18. The van der Waals surface area contributed by atoms with E-state index >= 15 is 0 Å². The van der Waals surface area contributed by atoms with Crippen LogP contribution in [0.2, 0.25) is 0 Å². The van der Waals surface area contributed by atoms with Gasteiger partial charge in [-0.25, -0.2) is 8.42 Å². The topological polar surface area (TPSA) is 95.6 Å². The fraction of sp³-hybridized carbons (Fsp3) is 0.333. The molecule has 8 heteroatoms. The molecular weight excluding hydrogens is 390 g/mol. The van der Waals surface area contributed by atoms with E-state index < -0.39 is 15.9 Å². The number of nitrogens with zero attached hydrogens (tertiary/aromatic N) is 1. The maximum absolute atomic E-state index is 12.7. The van der Waals surface area contributed by atoms with Crippen LogP contribution in [0.25, 0.3) is 0 Å². The molecule has 2 aromatic rings. The van der Waals surface area contributed by atoms with Crippen LogP contribution in [-0.2, 0) is 14.8 Å². The molecule has 0 radical (unpaired) electrons. The predicted octanol–water partition coefficient (Wildman–Crippen LogP) is 3.32. The molecular formula is C21H25N3O4S. The zero-order valence-electron chi connectivity index (χ0n) is 16.5. The van der Waals surface area contributed by atoms with Gasteiger partial charge in [0, 0.05) is 35.9 Å². The van der Waals surface area contributed by atoms with E-state index in [-0.39, 0.29) is 22.3 Å². The van der Waals surface area contributed by atoms with Crippen molar-refractivity contribution >= 4 is 33.2 Å². The number of carbonyl (C=O) groups is 2. The third-order valence-corrected chi connectivity index (χ3v) is 6.82. The molecule has 0 bridgehead atoms. The zero-order valence-corrected chi connectivity index (χ0v) is 17.3. The molecule has 7 nitrogen and oxygen atoms in total. The Kier molecular flexibility index (Phi) is 6.34. The first-order valence-electron chi connectivity index (χ1n) is 9.67. The molecule has 1 fully saturated rings. The Labute approximate surface area is 171 Å². The first kappa shape index (κ1) is 21.0. The highest BCUT2D eigenvalue weighted by Gasteiger charge is 2.29. The largest absolute Gasteiger partial charge is 0.326 e. The molecule has 3 rings (SSSR count). The molecule has 1 aliphatic rings. The second-order valence-corrected chi connectivity index (χ2v) is 8.85. The van der Waals surface area contributed by atoms with Gasteiger partial charge >= 0.3 is 0 Å². The fourth-order valence-electron chi connectivity index (χ4n) is 2.98. The molecule has 0 heterocycles. The van der Waals surface area contributed by atoms with Crippen LogP contribution in [-0.4, -0.2) is 37.6 Å². The molecule has 0 unspecified atom stereocenters. The van der Waals surface area contributed by atoms with Gasteiger partial charge in [0.25, 0.3) is 5.91 Å². The number of sulfonamides is 1. The summed E-state index contributed by atoms with van der Waals surface area (Å²) in [6.07, 6.45) is 1.82. The third kappa shape index (κ3) is 5.02. The van der Waals surface area contributed by atoms with E-state index in [1.165, 1.54) is 16.4 Å². The van der Waals surface area contributed by atoms with Crippen molar-refractivity contribution in [1.82, 2.24) is 4.31 Å². The van der Waals surface area contributed by atoms with E-state index in [4.69, 9.17) is 0 Å². The molecule has 2 amide bonds. The van der Waals surface area contributed by atoms with Crippen LogP contribution in [0.3, 0.4) is 0 Å². The summed E-state index contributed by atoms with van der Waals surface area (Å²) >= 11 is 0. The Morgan fingerprint density at radius 3 is 2.21 bits per heavy atom. The molecule has 1 aliphatic carbocycles. The summed E-state index contributed by atoms with van der Waals surface area (Å²) < 4.78 is 26.7. The van der Waals surface area contributed by atoms with Crippen molar-refractivity contribution < 1.29 is 18.0 Å². The van der Waals surface area contributed by atoms with E-state index in [0.29, 0.717) is 24.5 Å². The lowest BCUT2D eigenvalue weighted by Crippen LogP contribution is -2.30. The lowest BCUT2D eigenvalue weighted by molar-refractivity contribution is -0.117. The normalized spacial score (nSPS) is 13.9. The first-order valence-corrected chi connectivity index (χ1v) is 11.1. The molecule has 2 aromatic carbocycles. The van der Waals surface area contributed by atoms with Gasteiger partial charge < -0.3 is 10.6 Å². The van der Waals surface area contributed by atoms with Gasteiger partial charge in [-0.2, -0.15) is 4.31 Å². The van der Waals surface area contributed by atoms with Crippen molar-refractivity contribution in [3.8, 4) is 0 Å². The molecule has 29 heavy (non-hydrogen) atoms. The molecule has 1 saturated carbocycles. The summed E-state index contributed by atoms with van der Waals surface area (Å²) in [7, 11) is -3.65. The number of carbonyl (C=O) groups excluding carboxylic acids is 2.